The van der Waals surface area contributed by atoms with Crippen LogP contribution in [0.3, 0.4) is 0 Å². The van der Waals surface area contributed by atoms with Gasteiger partial charge in [0.15, 0.2) is 11.8 Å². The first kappa shape index (κ1) is 25.5. The van der Waals surface area contributed by atoms with E-state index in [0.717, 1.165) is 75.4 Å². The molecule has 1 aromatic carbocycles. The van der Waals surface area contributed by atoms with Crippen molar-refractivity contribution in [3.63, 3.8) is 0 Å². The Labute approximate surface area is 200 Å². The monoisotopic (exact) mass is 545 g/mol. The summed E-state index contributed by atoms with van der Waals surface area (Å²) in [6, 6.07) is 6.60. The maximum absolute atomic E-state index is 13.1. The minimum Gasteiger partial charge on any atom is -0.379 e. The molecule has 0 bridgehead atoms. The lowest BCUT2D eigenvalue weighted by atomic mass is 10.1. The third-order valence-corrected chi connectivity index (χ3v) is 5.23. The number of hydrogen-bond acceptors (Lipinski definition) is 5. The molecule has 0 aliphatic carbocycles. The number of morpholine rings is 1. The van der Waals surface area contributed by atoms with Crippen molar-refractivity contribution in [1.82, 2.24) is 30.3 Å². The average Bonchev–Trinajstić information content (AvgIpc) is 3.08. The lowest BCUT2D eigenvalue weighted by Gasteiger charge is -2.26. The number of aryl methyl sites for hydroxylation is 1. The summed E-state index contributed by atoms with van der Waals surface area (Å²) in [6.45, 7) is 8.60. The summed E-state index contributed by atoms with van der Waals surface area (Å²) in [6.07, 6.45) is 1.82. The number of hydrogen-bond donors (Lipinski definition) is 2. The molecule has 0 radical (unpaired) electrons. The molecule has 1 aliphatic heterocycles. The first-order valence-corrected chi connectivity index (χ1v) is 10.5. The molecule has 3 rings (SSSR count). The van der Waals surface area contributed by atoms with Crippen LogP contribution in [0.5, 0.6) is 0 Å². The third kappa shape index (κ3) is 8.69. The molecule has 8 nitrogen and oxygen atoms in total. The van der Waals surface area contributed by atoms with Crippen LogP contribution < -0.4 is 10.6 Å². The Hall–Kier alpha value is -1.79. The molecular formula is C21H33FIN7O. The maximum atomic E-state index is 13.1. The molecule has 31 heavy (non-hydrogen) atoms. The van der Waals surface area contributed by atoms with Crippen molar-refractivity contribution in [2.24, 2.45) is 12.0 Å². The van der Waals surface area contributed by atoms with Crippen LogP contribution in [0.25, 0.3) is 0 Å². The second kappa shape index (κ2) is 13.6. The fraction of sp³-hybridized carbons (Fsp3) is 0.571. The lowest BCUT2D eigenvalue weighted by Crippen LogP contribution is -2.41. The summed E-state index contributed by atoms with van der Waals surface area (Å²) >= 11 is 0. The normalized spacial score (nSPS) is 14.9. The van der Waals surface area contributed by atoms with Gasteiger partial charge in [0.25, 0.3) is 0 Å². The summed E-state index contributed by atoms with van der Waals surface area (Å²) in [5, 5.41) is 15.1. The fourth-order valence-electron chi connectivity index (χ4n) is 3.22. The van der Waals surface area contributed by atoms with Crippen molar-refractivity contribution in [2.45, 2.75) is 26.3 Å². The van der Waals surface area contributed by atoms with Crippen LogP contribution in [-0.4, -0.2) is 71.6 Å². The molecule has 1 saturated heterocycles. The Bertz CT molecular complexity index is 807. The average molecular weight is 545 g/mol. The van der Waals surface area contributed by atoms with Gasteiger partial charge in [-0.25, -0.2) is 9.38 Å². The number of aromatic nitrogens is 3. The summed E-state index contributed by atoms with van der Waals surface area (Å²) in [7, 11) is 1.94. The zero-order valence-corrected chi connectivity index (χ0v) is 20.6. The van der Waals surface area contributed by atoms with Crippen molar-refractivity contribution in [3.8, 4) is 0 Å². The van der Waals surface area contributed by atoms with Crippen LogP contribution >= 0.6 is 24.0 Å². The summed E-state index contributed by atoms with van der Waals surface area (Å²) < 4.78 is 20.4. The van der Waals surface area contributed by atoms with Gasteiger partial charge < -0.3 is 19.9 Å². The Kier molecular flexibility index (Phi) is 11.2. The summed E-state index contributed by atoms with van der Waals surface area (Å²) in [5.74, 6) is 2.22. The van der Waals surface area contributed by atoms with E-state index in [2.05, 4.69) is 30.7 Å². The topological polar surface area (TPSA) is 79.6 Å². The quantitative estimate of drug-likeness (QED) is 0.217. The number of nitrogens with zero attached hydrogens (tertiary/aromatic N) is 5. The molecule has 0 spiro atoms. The zero-order valence-electron chi connectivity index (χ0n) is 18.3. The highest BCUT2D eigenvalue weighted by atomic mass is 127. The Morgan fingerprint density at radius 2 is 1.84 bits per heavy atom. The zero-order chi connectivity index (χ0) is 21.2. The number of nitrogens with one attached hydrogen (secondary N) is 2. The van der Waals surface area contributed by atoms with Crippen LogP contribution in [0.4, 0.5) is 4.39 Å². The van der Waals surface area contributed by atoms with Crippen LogP contribution in [0.1, 0.15) is 23.6 Å². The first-order valence-electron chi connectivity index (χ1n) is 10.5. The van der Waals surface area contributed by atoms with Gasteiger partial charge in [-0.05, 0) is 44.0 Å². The van der Waals surface area contributed by atoms with Crippen molar-refractivity contribution in [1.29, 1.82) is 0 Å². The van der Waals surface area contributed by atoms with Gasteiger partial charge in [0.1, 0.15) is 18.2 Å². The molecule has 1 aromatic heterocycles. The highest BCUT2D eigenvalue weighted by Crippen LogP contribution is 2.03. The number of benzene rings is 1. The predicted molar refractivity (Wildman–Crippen MR) is 130 cm³/mol. The van der Waals surface area contributed by atoms with Crippen LogP contribution in [-0.2, 0) is 24.8 Å². The maximum Gasteiger partial charge on any atom is 0.191 e. The van der Waals surface area contributed by atoms with Crippen molar-refractivity contribution in [3.05, 3.63) is 47.3 Å². The molecule has 2 aromatic rings. The second-order valence-electron chi connectivity index (χ2n) is 7.42. The molecular weight excluding hydrogens is 512 g/mol. The third-order valence-electron chi connectivity index (χ3n) is 5.23. The minimum atomic E-state index is -0.213. The van der Waals surface area contributed by atoms with Gasteiger partial charge >= 0.3 is 0 Å². The highest BCUT2D eigenvalue weighted by molar-refractivity contribution is 14.0. The summed E-state index contributed by atoms with van der Waals surface area (Å²) in [4.78, 5) is 7.10. The van der Waals surface area contributed by atoms with E-state index >= 15 is 0 Å². The highest BCUT2D eigenvalue weighted by Gasteiger charge is 2.10. The molecule has 0 saturated carbocycles. The van der Waals surface area contributed by atoms with Gasteiger partial charge in [-0.1, -0.05) is 12.1 Å². The van der Waals surface area contributed by atoms with E-state index in [-0.39, 0.29) is 29.8 Å². The van der Waals surface area contributed by atoms with E-state index in [9.17, 15) is 4.39 Å². The number of halogens is 2. The molecule has 2 heterocycles. The predicted octanol–water partition coefficient (Wildman–Crippen LogP) is 1.88. The van der Waals surface area contributed by atoms with E-state index < -0.39 is 0 Å². The number of ether oxygens (including phenoxy) is 1. The molecule has 172 valence electrons. The van der Waals surface area contributed by atoms with Gasteiger partial charge in [-0.2, -0.15) is 0 Å². The van der Waals surface area contributed by atoms with E-state index in [1.54, 1.807) is 0 Å². The lowest BCUT2D eigenvalue weighted by molar-refractivity contribution is 0.0376. The van der Waals surface area contributed by atoms with Crippen LogP contribution in [0.15, 0.2) is 29.3 Å². The number of guanidine groups is 1. The SMILES string of the molecule is Cc1nnc(CN=C(NCCCN2CCOCC2)NCCc2ccc(F)cc2)n1C.I. The fourth-order valence-corrected chi connectivity index (χ4v) is 3.22. The number of aliphatic imine (C=N–C) groups is 1. The minimum absolute atomic E-state index is 0. The van der Waals surface area contributed by atoms with Gasteiger partial charge in [0.05, 0.1) is 13.2 Å². The molecule has 1 aliphatic rings. The van der Waals surface area contributed by atoms with E-state index in [1.807, 2.05) is 30.7 Å². The van der Waals surface area contributed by atoms with Crippen molar-refractivity contribution in [2.75, 3.05) is 45.9 Å². The smallest absolute Gasteiger partial charge is 0.191 e. The first-order chi connectivity index (χ1) is 14.6. The Morgan fingerprint density at radius 3 is 2.52 bits per heavy atom. The van der Waals surface area contributed by atoms with Gasteiger partial charge in [0, 0.05) is 33.2 Å². The Morgan fingerprint density at radius 1 is 1.13 bits per heavy atom. The largest absolute Gasteiger partial charge is 0.379 e. The van der Waals surface area contributed by atoms with Gasteiger partial charge in [-0.3, -0.25) is 4.90 Å². The van der Waals surface area contributed by atoms with Crippen molar-refractivity contribution >= 4 is 29.9 Å². The summed E-state index contributed by atoms with van der Waals surface area (Å²) in [5.41, 5.74) is 1.08. The molecule has 0 atom stereocenters. The molecule has 0 amide bonds. The van der Waals surface area contributed by atoms with Crippen molar-refractivity contribution < 1.29 is 9.13 Å². The molecule has 2 N–H and O–H groups in total. The van der Waals surface area contributed by atoms with Gasteiger partial charge in [-0.15, -0.1) is 34.2 Å². The van der Waals surface area contributed by atoms with E-state index in [4.69, 9.17) is 4.74 Å². The molecule has 0 unspecified atom stereocenters. The molecule has 10 heteroatoms. The van der Waals surface area contributed by atoms with Gasteiger partial charge in [0.2, 0.25) is 0 Å². The Balaban J connectivity index is 0.00000341. The van der Waals surface area contributed by atoms with Crippen LogP contribution in [0.2, 0.25) is 0 Å². The second-order valence-corrected chi connectivity index (χ2v) is 7.42. The van der Waals surface area contributed by atoms with E-state index in [0.29, 0.717) is 13.1 Å². The van der Waals surface area contributed by atoms with Crippen LogP contribution in [0, 0.1) is 12.7 Å². The standard InChI is InChI=1S/C21H32FN7O.HI/c1-17-26-27-20(28(17)2)16-25-21(23-9-3-11-29-12-14-30-15-13-29)24-10-8-18-4-6-19(22)7-5-18;/h4-7H,3,8-16H2,1-2H3,(H2,23,24,25);1H. The van der Waals surface area contributed by atoms with E-state index in [1.165, 1.54) is 12.1 Å². The number of rotatable bonds is 9. The molecule has 1 fully saturated rings.